The van der Waals surface area contributed by atoms with Crippen molar-refractivity contribution in [3.63, 3.8) is 0 Å². The Morgan fingerprint density at radius 2 is 1.89 bits per heavy atom. The van der Waals surface area contributed by atoms with Crippen molar-refractivity contribution in [3.8, 4) is 0 Å². The van der Waals surface area contributed by atoms with Crippen LogP contribution in [0.5, 0.6) is 0 Å². The summed E-state index contributed by atoms with van der Waals surface area (Å²) < 4.78 is 2.09. The molecule has 0 saturated carbocycles. The van der Waals surface area contributed by atoms with Gasteiger partial charge in [0.05, 0.1) is 5.88 Å². The summed E-state index contributed by atoms with van der Waals surface area (Å²) in [5, 5.41) is 2.55. The van der Waals surface area contributed by atoms with Crippen LogP contribution in [0, 0.1) is 0 Å². The standard InChI is InChI=1S/C15H13ClN2/c16-10-15-17-8-9-18(15)11-13-6-3-5-12-4-1-2-7-14(12)13/h1-9H,10-11H2. The van der Waals surface area contributed by atoms with Gasteiger partial charge in [0.2, 0.25) is 0 Å². The molecular formula is C15H13ClN2. The third kappa shape index (κ3) is 2.00. The van der Waals surface area contributed by atoms with E-state index < -0.39 is 0 Å². The summed E-state index contributed by atoms with van der Waals surface area (Å²) >= 11 is 5.87. The zero-order valence-electron chi connectivity index (χ0n) is 9.88. The van der Waals surface area contributed by atoms with E-state index in [1.807, 2.05) is 6.20 Å². The molecule has 3 rings (SSSR count). The van der Waals surface area contributed by atoms with Gasteiger partial charge < -0.3 is 4.57 Å². The van der Waals surface area contributed by atoms with Crippen LogP contribution in [-0.2, 0) is 12.4 Å². The van der Waals surface area contributed by atoms with Gasteiger partial charge in [0.1, 0.15) is 5.82 Å². The monoisotopic (exact) mass is 256 g/mol. The maximum absolute atomic E-state index is 5.87. The van der Waals surface area contributed by atoms with Crippen molar-refractivity contribution >= 4 is 22.4 Å². The summed E-state index contributed by atoms with van der Waals surface area (Å²) in [6.45, 7) is 0.809. The molecule has 2 nitrogen and oxygen atoms in total. The Labute approximate surface area is 111 Å². The van der Waals surface area contributed by atoms with Gasteiger partial charge in [-0.2, -0.15) is 0 Å². The summed E-state index contributed by atoms with van der Waals surface area (Å²) in [6.07, 6.45) is 3.77. The molecule has 0 unspecified atom stereocenters. The molecule has 3 heteroatoms. The van der Waals surface area contributed by atoms with Gasteiger partial charge in [-0.1, -0.05) is 42.5 Å². The number of alkyl halides is 1. The van der Waals surface area contributed by atoms with Gasteiger partial charge in [0.25, 0.3) is 0 Å². The highest BCUT2D eigenvalue weighted by Gasteiger charge is 2.04. The minimum atomic E-state index is 0.442. The number of rotatable bonds is 3. The fraction of sp³-hybridized carbons (Fsp3) is 0.133. The third-order valence-electron chi connectivity index (χ3n) is 3.14. The van der Waals surface area contributed by atoms with Gasteiger partial charge in [-0.05, 0) is 16.3 Å². The van der Waals surface area contributed by atoms with E-state index in [1.165, 1.54) is 16.3 Å². The van der Waals surface area contributed by atoms with Gasteiger partial charge >= 0.3 is 0 Å². The van der Waals surface area contributed by atoms with Crippen molar-refractivity contribution in [2.45, 2.75) is 12.4 Å². The molecule has 0 spiro atoms. The lowest BCUT2D eigenvalue weighted by Crippen LogP contribution is -2.03. The van der Waals surface area contributed by atoms with E-state index in [9.17, 15) is 0 Å². The van der Waals surface area contributed by atoms with Crippen LogP contribution in [0.3, 0.4) is 0 Å². The molecule has 0 radical (unpaired) electrons. The molecule has 0 atom stereocenters. The average molecular weight is 257 g/mol. The molecule has 0 amide bonds. The largest absolute Gasteiger partial charge is 0.329 e. The zero-order valence-corrected chi connectivity index (χ0v) is 10.6. The van der Waals surface area contributed by atoms with Gasteiger partial charge in [-0.25, -0.2) is 4.98 Å². The topological polar surface area (TPSA) is 17.8 Å². The molecule has 3 aromatic rings. The second kappa shape index (κ2) is 4.83. The molecule has 0 bridgehead atoms. The predicted octanol–water partition coefficient (Wildman–Crippen LogP) is 3.82. The molecule has 90 valence electrons. The molecule has 0 aliphatic carbocycles. The van der Waals surface area contributed by atoms with E-state index in [0.717, 1.165) is 12.4 Å². The van der Waals surface area contributed by atoms with Crippen molar-refractivity contribution in [1.29, 1.82) is 0 Å². The number of halogens is 1. The highest BCUT2D eigenvalue weighted by Crippen LogP contribution is 2.20. The Kier molecular flexibility index (Phi) is 3.03. The fourth-order valence-corrected chi connectivity index (χ4v) is 2.45. The molecule has 0 N–H and O–H groups in total. The Morgan fingerprint density at radius 1 is 1.06 bits per heavy atom. The van der Waals surface area contributed by atoms with Crippen molar-refractivity contribution in [1.82, 2.24) is 9.55 Å². The van der Waals surface area contributed by atoms with Crippen molar-refractivity contribution < 1.29 is 0 Å². The molecule has 0 fully saturated rings. The summed E-state index contributed by atoms with van der Waals surface area (Å²) in [6, 6.07) is 14.8. The van der Waals surface area contributed by atoms with Crippen LogP contribution >= 0.6 is 11.6 Å². The number of hydrogen-bond acceptors (Lipinski definition) is 1. The summed E-state index contributed by atoms with van der Waals surface area (Å²) in [5.74, 6) is 1.35. The van der Waals surface area contributed by atoms with E-state index >= 15 is 0 Å². The van der Waals surface area contributed by atoms with E-state index in [0.29, 0.717) is 5.88 Å². The van der Waals surface area contributed by atoms with E-state index in [-0.39, 0.29) is 0 Å². The Morgan fingerprint density at radius 3 is 2.78 bits per heavy atom. The minimum absolute atomic E-state index is 0.442. The van der Waals surface area contributed by atoms with Crippen molar-refractivity contribution in [2.75, 3.05) is 0 Å². The molecule has 0 aliphatic rings. The van der Waals surface area contributed by atoms with Crippen LogP contribution in [0.1, 0.15) is 11.4 Å². The highest BCUT2D eigenvalue weighted by atomic mass is 35.5. The number of imidazole rings is 1. The van der Waals surface area contributed by atoms with Gasteiger partial charge in [-0.3, -0.25) is 0 Å². The van der Waals surface area contributed by atoms with Crippen LogP contribution in [0.4, 0.5) is 0 Å². The second-order valence-electron chi connectivity index (χ2n) is 4.24. The summed E-state index contributed by atoms with van der Waals surface area (Å²) in [4.78, 5) is 4.24. The van der Waals surface area contributed by atoms with E-state index in [4.69, 9.17) is 11.6 Å². The number of nitrogens with zero attached hydrogens (tertiary/aromatic N) is 2. The number of benzene rings is 2. The van der Waals surface area contributed by atoms with Crippen molar-refractivity contribution in [2.24, 2.45) is 0 Å². The fourth-order valence-electron chi connectivity index (χ4n) is 2.23. The highest BCUT2D eigenvalue weighted by molar-refractivity contribution is 6.16. The normalized spacial score (nSPS) is 10.9. The Hall–Kier alpha value is -1.80. The third-order valence-corrected chi connectivity index (χ3v) is 3.38. The Bertz CT molecular complexity index is 668. The number of aromatic nitrogens is 2. The Balaban J connectivity index is 2.05. The first-order chi connectivity index (χ1) is 8.88. The molecule has 2 aromatic carbocycles. The first kappa shape index (κ1) is 11.3. The SMILES string of the molecule is ClCc1nccn1Cc1cccc2ccccc12. The van der Waals surface area contributed by atoms with Gasteiger partial charge in [0.15, 0.2) is 0 Å². The minimum Gasteiger partial charge on any atom is -0.329 e. The van der Waals surface area contributed by atoms with Gasteiger partial charge in [-0.15, -0.1) is 11.6 Å². The zero-order chi connectivity index (χ0) is 12.4. The lowest BCUT2D eigenvalue weighted by molar-refractivity contribution is 0.759. The van der Waals surface area contributed by atoms with Crippen LogP contribution in [0.15, 0.2) is 54.9 Å². The van der Waals surface area contributed by atoms with Crippen LogP contribution in [0.25, 0.3) is 10.8 Å². The number of fused-ring (bicyclic) bond motifs is 1. The molecular weight excluding hydrogens is 244 g/mol. The first-order valence-electron chi connectivity index (χ1n) is 5.91. The van der Waals surface area contributed by atoms with Crippen LogP contribution in [-0.4, -0.2) is 9.55 Å². The average Bonchev–Trinajstić information content (AvgIpc) is 2.86. The molecule has 18 heavy (non-hydrogen) atoms. The predicted molar refractivity (Wildman–Crippen MR) is 74.8 cm³/mol. The van der Waals surface area contributed by atoms with E-state index in [2.05, 4.69) is 52.0 Å². The van der Waals surface area contributed by atoms with Crippen molar-refractivity contribution in [3.05, 3.63) is 66.2 Å². The second-order valence-corrected chi connectivity index (χ2v) is 4.51. The van der Waals surface area contributed by atoms with E-state index in [1.54, 1.807) is 6.20 Å². The molecule has 1 heterocycles. The summed E-state index contributed by atoms with van der Waals surface area (Å²) in [7, 11) is 0. The smallest absolute Gasteiger partial charge is 0.123 e. The maximum Gasteiger partial charge on any atom is 0.123 e. The summed E-state index contributed by atoms with van der Waals surface area (Å²) in [5.41, 5.74) is 1.29. The lowest BCUT2D eigenvalue weighted by atomic mass is 10.0. The number of hydrogen-bond donors (Lipinski definition) is 0. The molecule has 1 aromatic heterocycles. The lowest BCUT2D eigenvalue weighted by Gasteiger charge is -2.09. The molecule has 0 saturated heterocycles. The maximum atomic E-state index is 5.87. The first-order valence-corrected chi connectivity index (χ1v) is 6.44. The molecule has 0 aliphatic heterocycles. The van der Waals surface area contributed by atoms with Crippen LogP contribution in [0.2, 0.25) is 0 Å². The van der Waals surface area contributed by atoms with Gasteiger partial charge in [0, 0.05) is 18.9 Å². The van der Waals surface area contributed by atoms with Crippen LogP contribution < -0.4 is 0 Å². The quantitative estimate of drug-likeness (QED) is 0.652.